The van der Waals surface area contributed by atoms with Crippen molar-refractivity contribution in [1.82, 2.24) is 9.38 Å². The number of methoxy groups -OCH3 is 1. The van der Waals surface area contributed by atoms with Gasteiger partial charge in [-0.05, 0) is 42.8 Å². The van der Waals surface area contributed by atoms with Crippen LogP contribution in [0.15, 0.2) is 77.8 Å². The molecular formula is C23H21N3O2S. The van der Waals surface area contributed by atoms with Crippen LogP contribution in [-0.4, -0.2) is 28.2 Å². The summed E-state index contributed by atoms with van der Waals surface area (Å²) in [6.07, 6.45) is 1.97. The maximum Gasteiger partial charge on any atom is 0.235 e. The van der Waals surface area contributed by atoms with Crippen LogP contribution in [0.4, 0.5) is 5.82 Å². The fraction of sp³-hybridized carbons (Fsp3) is 0.130. The van der Waals surface area contributed by atoms with Gasteiger partial charge in [0, 0.05) is 16.7 Å². The molecule has 0 fully saturated rings. The first-order valence-electron chi connectivity index (χ1n) is 9.25. The van der Waals surface area contributed by atoms with Crippen molar-refractivity contribution in [2.75, 3.05) is 18.2 Å². The summed E-state index contributed by atoms with van der Waals surface area (Å²) in [6, 6.07) is 21.5. The summed E-state index contributed by atoms with van der Waals surface area (Å²) in [5.74, 6) is 1.58. The summed E-state index contributed by atoms with van der Waals surface area (Å²) < 4.78 is 7.44. The molecule has 0 saturated heterocycles. The number of nitrogens with zero attached hydrogens (tertiary/aromatic N) is 2. The highest BCUT2D eigenvalue weighted by atomic mass is 32.2. The lowest BCUT2D eigenvalue weighted by molar-refractivity contribution is -0.113. The minimum absolute atomic E-state index is 0.0849. The van der Waals surface area contributed by atoms with Gasteiger partial charge in [-0.3, -0.25) is 9.20 Å². The summed E-state index contributed by atoms with van der Waals surface area (Å²) in [4.78, 5) is 18.6. The molecule has 29 heavy (non-hydrogen) atoms. The molecule has 0 bridgehead atoms. The van der Waals surface area contributed by atoms with Crippen molar-refractivity contribution in [1.29, 1.82) is 0 Å². The van der Waals surface area contributed by atoms with Gasteiger partial charge < -0.3 is 10.1 Å². The Labute approximate surface area is 173 Å². The number of carbonyl (C=O) groups is 1. The molecule has 1 amide bonds. The van der Waals surface area contributed by atoms with Crippen LogP contribution in [0.1, 0.15) is 5.56 Å². The number of anilines is 1. The summed E-state index contributed by atoms with van der Waals surface area (Å²) in [6.45, 7) is 2.01. The van der Waals surface area contributed by atoms with Crippen molar-refractivity contribution in [3.05, 3.63) is 78.5 Å². The van der Waals surface area contributed by atoms with Crippen LogP contribution in [0.25, 0.3) is 16.9 Å². The van der Waals surface area contributed by atoms with Crippen molar-refractivity contribution < 1.29 is 9.53 Å². The Morgan fingerprint density at radius 1 is 1.07 bits per heavy atom. The SMILES string of the molecule is COc1ccccc1-c1nc2ccc(C)cn2c1NC(=O)CSc1ccccc1. The molecule has 0 saturated carbocycles. The number of pyridine rings is 1. The smallest absolute Gasteiger partial charge is 0.235 e. The van der Waals surface area contributed by atoms with E-state index in [9.17, 15) is 4.79 Å². The van der Waals surface area contributed by atoms with Gasteiger partial charge in [-0.25, -0.2) is 4.98 Å². The molecule has 2 heterocycles. The molecule has 146 valence electrons. The number of hydrogen-bond acceptors (Lipinski definition) is 4. The van der Waals surface area contributed by atoms with Crippen LogP contribution in [0.3, 0.4) is 0 Å². The van der Waals surface area contributed by atoms with Crippen molar-refractivity contribution in [3.63, 3.8) is 0 Å². The van der Waals surface area contributed by atoms with E-state index in [1.54, 1.807) is 7.11 Å². The van der Waals surface area contributed by atoms with Crippen LogP contribution in [0.5, 0.6) is 5.75 Å². The highest BCUT2D eigenvalue weighted by Crippen LogP contribution is 2.35. The lowest BCUT2D eigenvalue weighted by Gasteiger charge is -2.10. The number of benzene rings is 2. The van der Waals surface area contributed by atoms with E-state index in [4.69, 9.17) is 9.72 Å². The van der Waals surface area contributed by atoms with E-state index in [0.717, 1.165) is 21.7 Å². The van der Waals surface area contributed by atoms with Crippen LogP contribution in [0, 0.1) is 6.92 Å². The van der Waals surface area contributed by atoms with E-state index in [-0.39, 0.29) is 5.91 Å². The first-order chi connectivity index (χ1) is 14.2. The zero-order valence-electron chi connectivity index (χ0n) is 16.3. The van der Waals surface area contributed by atoms with E-state index in [1.165, 1.54) is 11.8 Å². The molecule has 1 N–H and O–H groups in total. The van der Waals surface area contributed by atoms with Gasteiger partial charge >= 0.3 is 0 Å². The Kier molecular flexibility index (Phi) is 5.53. The molecule has 5 nitrogen and oxygen atoms in total. The number of rotatable bonds is 6. The first-order valence-corrected chi connectivity index (χ1v) is 10.2. The number of aryl methyl sites for hydroxylation is 1. The van der Waals surface area contributed by atoms with Crippen molar-refractivity contribution in [3.8, 4) is 17.0 Å². The lowest BCUT2D eigenvalue weighted by Crippen LogP contribution is -2.16. The van der Waals surface area contributed by atoms with Crippen LogP contribution in [0.2, 0.25) is 0 Å². The van der Waals surface area contributed by atoms with E-state index in [2.05, 4.69) is 5.32 Å². The van der Waals surface area contributed by atoms with Gasteiger partial charge in [-0.1, -0.05) is 36.4 Å². The zero-order valence-corrected chi connectivity index (χ0v) is 17.1. The number of amides is 1. The molecule has 0 atom stereocenters. The number of imidazole rings is 1. The third-order valence-corrected chi connectivity index (χ3v) is 5.51. The van der Waals surface area contributed by atoms with E-state index >= 15 is 0 Å². The van der Waals surface area contributed by atoms with Crippen molar-refractivity contribution in [2.45, 2.75) is 11.8 Å². The molecule has 0 radical (unpaired) electrons. The Morgan fingerprint density at radius 3 is 2.62 bits per heavy atom. The van der Waals surface area contributed by atoms with E-state index < -0.39 is 0 Å². The third-order valence-electron chi connectivity index (χ3n) is 4.50. The van der Waals surface area contributed by atoms with Gasteiger partial charge in [0.25, 0.3) is 0 Å². The number of thioether (sulfide) groups is 1. The summed E-state index contributed by atoms with van der Waals surface area (Å²) in [5, 5.41) is 3.07. The molecule has 4 aromatic rings. The predicted octanol–water partition coefficient (Wildman–Crippen LogP) is 5.05. The molecule has 0 spiro atoms. The highest BCUT2D eigenvalue weighted by Gasteiger charge is 2.19. The minimum Gasteiger partial charge on any atom is -0.496 e. The Morgan fingerprint density at radius 2 is 1.83 bits per heavy atom. The molecule has 0 aliphatic heterocycles. The summed E-state index contributed by atoms with van der Waals surface area (Å²) in [7, 11) is 1.63. The maximum absolute atomic E-state index is 12.7. The predicted molar refractivity (Wildman–Crippen MR) is 118 cm³/mol. The van der Waals surface area contributed by atoms with Gasteiger partial charge in [0.15, 0.2) is 0 Å². The fourth-order valence-corrected chi connectivity index (χ4v) is 3.85. The van der Waals surface area contributed by atoms with Crippen LogP contribution < -0.4 is 10.1 Å². The van der Waals surface area contributed by atoms with Gasteiger partial charge in [0.05, 0.1) is 12.9 Å². The van der Waals surface area contributed by atoms with E-state index in [0.29, 0.717) is 23.0 Å². The molecule has 6 heteroatoms. The van der Waals surface area contributed by atoms with Gasteiger partial charge in [0.1, 0.15) is 22.9 Å². The number of ether oxygens (including phenoxy) is 1. The maximum atomic E-state index is 12.7. The number of nitrogens with one attached hydrogen (secondary N) is 1. The summed E-state index contributed by atoms with van der Waals surface area (Å²) in [5.41, 5.74) is 3.37. The molecule has 4 rings (SSSR count). The zero-order chi connectivity index (χ0) is 20.2. The largest absolute Gasteiger partial charge is 0.496 e. The normalized spacial score (nSPS) is 10.8. The van der Waals surface area contributed by atoms with Crippen LogP contribution in [-0.2, 0) is 4.79 Å². The van der Waals surface area contributed by atoms with Crippen LogP contribution >= 0.6 is 11.8 Å². The molecule has 0 aliphatic carbocycles. The third kappa shape index (κ3) is 4.12. The Bertz CT molecular complexity index is 1160. The number of aromatic nitrogens is 2. The van der Waals surface area contributed by atoms with Crippen molar-refractivity contribution >= 4 is 29.1 Å². The number of hydrogen-bond donors (Lipinski definition) is 1. The second-order valence-corrected chi connectivity index (χ2v) is 7.64. The second-order valence-electron chi connectivity index (χ2n) is 6.59. The molecule has 2 aromatic heterocycles. The highest BCUT2D eigenvalue weighted by molar-refractivity contribution is 8.00. The second kappa shape index (κ2) is 8.41. The topological polar surface area (TPSA) is 55.6 Å². The number of para-hydroxylation sites is 1. The Hall–Kier alpha value is -3.25. The van der Waals surface area contributed by atoms with E-state index in [1.807, 2.05) is 84.3 Å². The average molecular weight is 404 g/mol. The average Bonchev–Trinajstić information content (AvgIpc) is 3.10. The standard InChI is InChI=1S/C23H21N3O2S/c1-16-12-13-20-24-22(18-10-6-7-11-19(18)28-2)23(26(20)14-16)25-21(27)15-29-17-8-4-3-5-9-17/h3-14H,15H2,1-2H3,(H,25,27). The summed E-state index contributed by atoms with van der Waals surface area (Å²) >= 11 is 1.50. The molecule has 0 aliphatic rings. The molecule has 2 aromatic carbocycles. The minimum atomic E-state index is -0.0849. The van der Waals surface area contributed by atoms with Gasteiger partial charge in [0.2, 0.25) is 5.91 Å². The quantitative estimate of drug-likeness (QED) is 0.458. The number of fused-ring (bicyclic) bond motifs is 1. The Balaban J connectivity index is 1.70. The van der Waals surface area contributed by atoms with Gasteiger partial charge in [-0.2, -0.15) is 0 Å². The number of carbonyl (C=O) groups excluding carboxylic acids is 1. The first kappa shape index (κ1) is 19.1. The lowest BCUT2D eigenvalue weighted by atomic mass is 10.1. The van der Waals surface area contributed by atoms with Gasteiger partial charge in [-0.15, -0.1) is 11.8 Å². The molecular weight excluding hydrogens is 382 g/mol. The fourth-order valence-electron chi connectivity index (χ4n) is 3.13. The monoisotopic (exact) mass is 403 g/mol. The molecule has 0 unspecified atom stereocenters. The van der Waals surface area contributed by atoms with Crippen molar-refractivity contribution in [2.24, 2.45) is 0 Å².